The Bertz CT molecular complexity index is 1160. The molecule has 1 atom stereocenters. The zero-order valence-corrected chi connectivity index (χ0v) is 21.4. The van der Waals surface area contributed by atoms with Crippen molar-refractivity contribution in [2.45, 2.75) is 59.5 Å². The van der Waals surface area contributed by atoms with Gasteiger partial charge in [0.15, 0.2) is 5.82 Å². The minimum absolute atomic E-state index is 0. The molecule has 1 aromatic carbocycles. The van der Waals surface area contributed by atoms with E-state index in [0.29, 0.717) is 5.56 Å². The molecular formula is C24H36ClN7O. The van der Waals surface area contributed by atoms with Crippen molar-refractivity contribution >= 4 is 23.3 Å². The molecule has 0 radical (unpaired) electrons. The summed E-state index contributed by atoms with van der Waals surface area (Å²) in [5.74, 6) is 0.718. The molecule has 0 aliphatic carbocycles. The lowest BCUT2D eigenvalue weighted by molar-refractivity contribution is 0.102. The van der Waals surface area contributed by atoms with Crippen LogP contribution in [0.4, 0.5) is 0 Å². The number of nitrogens with one attached hydrogen (secondary N) is 1. The molecule has 0 saturated carbocycles. The highest BCUT2D eigenvalue weighted by Gasteiger charge is 2.34. The van der Waals surface area contributed by atoms with Crippen molar-refractivity contribution < 1.29 is 0 Å². The number of aryl methyl sites for hydroxylation is 2. The summed E-state index contributed by atoms with van der Waals surface area (Å²) in [7, 11) is 0. The first-order valence-corrected chi connectivity index (χ1v) is 11.6. The van der Waals surface area contributed by atoms with Crippen LogP contribution < -0.4 is 5.56 Å². The van der Waals surface area contributed by atoms with E-state index < -0.39 is 0 Å². The van der Waals surface area contributed by atoms with Crippen molar-refractivity contribution in [3.05, 3.63) is 51.1 Å². The fourth-order valence-electron chi connectivity index (χ4n) is 4.81. The van der Waals surface area contributed by atoms with Crippen LogP contribution in [-0.2, 0) is 5.54 Å². The summed E-state index contributed by atoms with van der Waals surface area (Å²) in [5, 5.41) is 13.8. The summed E-state index contributed by atoms with van der Waals surface area (Å²) in [5.41, 5.74) is 3.48. The number of fused-ring (bicyclic) bond motifs is 1. The molecule has 1 fully saturated rings. The Morgan fingerprint density at radius 3 is 2.42 bits per heavy atom. The molecular weight excluding hydrogens is 438 g/mol. The highest BCUT2D eigenvalue weighted by Crippen LogP contribution is 2.30. The van der Waals surface area contributed by atoms with E-state index in [4.69, 9.17) is 0 Å². The molecule has 2 aromatic heterocycles. The van der Waals surface area contributed by atoms with E-state index in [9.17, 15) is 4.79 Å². The van der Waals surface area contributed by atoms with Crippen LogP contribution in [0.25, 0.3) is 10.9 Å². The molecule has 1 aliphatic rings. The Morgan fingerprint density at radius 1 is 1.09 bits per heavy atom. The molecule has 1 aliphatic heterocycles. The fourth-order valence-corrected chi connectivity index (χ4v) is 4.81. The number of H-pyrrole nitrogens is 1. The lowest BCUT2D eigenvalue weighted by atomic mass is 9.99. The summed E-state index contributed by atoms with van der Waals surface area (Å²) in [6.07, 6.45) is 1.15. The molecule has 8 nitrogen and oxygen atoms in total. The van der Waals surface area contributed by atoms with Crippen molar-refractivity contribution in [3.63, 3.8) is 0 Å². The number of hydrogen-bond acceptors (Lipinski definition) is 6. The molecule has 1 saturated heterocycles. The third-order valence-electron chi connectivity index (χ3n) is 6.30. The van der Waals surface area contributed by atoms with Gasteiger partial charge in [-0.15, -0.1) is 17.5 Å². The normalized spacial score (nSPS) is 16.7. The van der Waals surface area contributed by atoms with E-state index in [0.717, 1.165) is 61.4 Å². The maximum atomic E-state index is 13.4. The third-order valence-corrected chi connectivity index (χ3v) is 6.30. The second-order valence-electron chi connectivity index (χ2n) is 10.00. The topological polar surface area (TPSA) is 82.9 Å². The predicted molar refractivity (Wildman–Crippen MR) is 134 cm³/mol. The Labute approximate surface area is 201 Å². The molecule has 1 unspecified atom stereocenters. The Morgan fingerprint density at radius 2 is 1.79 bits per heavy atom. The number of aromatic nitrogens is 5. The third kappa shape index (κ3) is 5.13. The van der Waals surface area contributed by atoms with E-state index in [1.807, 2.05) is 17.7 Å². The largest absolute Gasteiger partial charge is 0.321 e. The summed E-state index contributed by atoms with van der Waals surface area (Å²) in [4.78, 5) is 21.4. The molecule has 0 bridgehead atoms. The van der Waals surface area contributed by atoms with Crippen LogP contribution in [0.15, 0.2) is 23.0 Å². The SMILES string of the molecule is CCCN1CCN(C(c2cc3cc(C)cc(C)c3[nH]c2=O)c2nnnn2C(C)(C)C)CC1.Cl. The second kappa shape index (κ2) is 9.91. The fraction of sp³-hybridized carbons (Fsp3) is 0.583. The Kier molecular flexibility index (Phi) is 7.61. The van der Waals surface area contributed by atoms with Gasteiger partial charge in [0.2, 0.25) is 0 Å². The monoisotopic (exact) mass is 473 g/mol. The Balaban J connectivity index is 0.00000306. The lowest BCUT2D eigenvalue weighted by Gasteiger charge is -2.39. The van der Waals surface area contributed by atoms with Gasteiger partial charge < -0.3 is 9.88 Å². The van der Waals surface area contributed by atoms with Crippen LogP contribution in [0.5, 0.6) is 0 Å². The molecule has 180 valence electrons. The number of halogens is 1. The van der Waals surface area contributed by atoms with Gasteiger partial charge in [-0.05, 0) is 81.1 Å². The standard InChI is InChI=1S/C24H35N7O.ClH/c1-7-8-29-9-11-30(12-10-29)21(22-26-27-28-31(22)24(4,5)6)19-15-18-14-16(2)13-17(3)20(18)25-23(19)32;/h13-15,21H,7-12H2,1-6H3,(H,25,32);1H. The van der Waals surface area contributed by atoms with Crippen LogP contribution in [0.2, 0.25) is 0 Å². The van der Waals surface area contributed by atoms with Crippen molar-refractivity contribution in [3.8, 4) is 0 Å². The van der Waals surface area contributed by atoms with Gasteiger partial charge in [-0.25, -0.2) is 4.68 Å². The maximum Gasteiger partial charge on any atom is 0.253 e. The zero-order valence-electron chi connectivity index (χ0n) is 20.6. The molecule has 0 spiro atoms. The number of pyridine rings is 1. The first kappa shape index (κ1) is 25.3. The van der Waals surface area contributed by atoms with Gasteiger partial charge in [0.25, 0.3) is 5.56 Å². The predicted octanol–water partition coefficient (Wildman–Crippen LogP) is 3.43. The van der Waals surface area contributed by atoms with Crippen LogP contribution in [-0.4, -0.2) is 67.7 Å². The number of nitrogens with zero attached hydrogens (tertiary/aromatic N) is 6. The smallest absolute Gasteiger partial charge is 0.253 e. The summed E-state index contributed by atoms with van der Waals surface area (Å²) < 4.78 is 1.86. The van der Waals surface area contributed by atoms with Gasteiger partial charge in [-0.3, -0.25) is 9.69 Å². The van der Waals surface area contributed by atoms with Crippen molar-refractivity contribution in [2.24, 2.45) is 0 Å². The minimum atomic E-state index is -0.304. The molecule has 4 rings (SSSR count). The summed E-state index contributed by atoms with van der Waals surface area (Å²) >= 11 is 0. The van der Waals surface area contributed by atoms with Gasteiger partial charge in [0.1, 0.15) is 6.04 Å². The zero-order chi connectivity index (χ0) is 23.0. The van der Waals surface area contributed by atoms with Crippen molar-refractivity contribution in [1.29, 1.82) is 0 Å². The number of tetrazole rings is 1. The summed E-state index contributed by atoms with van der Waals surface area (Å²) in [6, 6.07) is 5.97. The highest BCUT2D eigenvalue weighted by molar-refractivity contribution is 5.85. The van der Waals surface area contributed by atoms with E-state index in [2.05, 4.69) is 77.1 Å². The maximum absolute atomic E-state index is 13.4. The van der Waals surface area contributed by atoms with Gasteiger partial charge in [-0.1, -0.05) is 18.6 Å². The molecule has 9 heteroatoms. The van der Waals surface area contributed by atoms with Crippen LogP contribution in [0, 0.1) is 13.8 Å². The molecule has 3 heterocycles. The van der Waals surface area contributed by atoms with Crippen LogP contribution >= 0.6 is 12.4 Å². The van der Waals surface area contributed by atoms with Crippen LogP contribution in [0.1, 0.15) is 62.7 Å². The summed E-state index contributed by atoms with van der Waals surface area (Å²) in [6.45, 7) is 17.4. The van der Waals surface area contributed by atoms with Crippen molar-refractivity contribution in [1.82, 2.24) is 35.0 Å². The minimum Gasteiger partial charge on any atom is -0.321 e. The van der Waals surface area contributed by atoms with Gasteiger partial charge in [0, 0.05) is 31.7 Å². The highest BCUT2D eigenvalue weighted by atomic mass is 35.5. The van der Waals surface area contributed by atoms with E-state index >= 15 is 0 Å². The number of rotatable bonds is 5. The number of aromatic amines is 1. The molecule has 33 heavy (non-hydrogen) atoms. The number of hydrogen-bond donors (Lipinski definition) is 1. The van der Waals surface area contributed by atoms with Crippen LogP contribution in [0.3, 0.4) is 0 Å². The number of piperazine rings is 1. The quantitative estimate of drug-likeness (QED) is 0.611. The average molecular weight is 474 g/mol. The second-order valence-corrected chi connectivity index (χ2v) is 10.00. The lowest BCUT2D eigenvalue weighted by Crippen LogP contribution is -2.49. The van der Waals surface area contributed by atoms with Gasteiger partial charge in [-0.2, -0.15) is 0 Å². The van der Waals surface area contributed by atoms with Crippen molar-refractivity contribution in [2.75, 3.05) is 32.7 Å². The Hall–Kier alpha value is -2.29. The average Bonchev–Trinajstić information content (AvgIpc) is 3.21. The van der Waals surface area contributed by atoms with Gasteiger partial charge >= 0.3 is 0 Å². The first-order valence-electron chi connectivity index (χ1n) is 11.6. The van der Waals surface area contributed by atoms with E-state index in [1.54, 1.807) is 0 Å². The molecule has 1 N–H and O–H groups in total. The van der Waals surface area contributed by atoms with E-state index in [-0.39, 0.29) is 29.5 Å². The van der Waals surface area contributed by atoms with E-state index in [1.165, 1.54) is 5.56 Å². The first-order chi connectivity index (χ1) is 15.2. The number of benzene rings is 1. The van der Waals surface area contributed by atoms with Gasteiger partial charge in [0.05, 0.1) is 11.1 Å². The molecule has 0 amide bonds. The molecule has 3 aromatic rings.